The minimum atomic E-state index is -0.966. The molecule has 34 heavy (non-hydrogen) atoms. The smallest absolute Gasteiger partial charge is 0.303 e. The highest BCUT2D eigenvalue weighted by Gasteiger charge is 2.17. The van der Waals surface area contributed by atoms with Gasteiger partial charge in [0.1, 0.15) is 17.3 Å². The molecule has 5 nitrogen and oxygen atoms in total. The maximum absolute atomic E-state index is 14.2. The summed E-state index contributed by atoms with van der Waals surface area (Å²) in [5, 5.41) is 8.75. The molecule has 0 saturated heterocycles. The van der Waals surface area contributed by atoms with Gasteiger partial charge in [-0.3, -0.25) is 9.59 Å². The topological polar surface area (TPSA) is 72.8 Å². The lowest BCUT2D eigenvalue weighted by molar-refractivity contribution is -0.136. The normalized spacial score (nSPS) is 11.6. The van der Waals surface area contributed by atoms with E-state index in [1.165, 1.54) is 6.07 Å². The van der Waals surface area contributed by atoms with Gasteiger partial charge in [-0.15, -0.1) is 0 Å². The van der Waals surface area contributed by atoms with Crippen molar-refractivity contribution in [1.29, 1.82) is 0 Å². The summed E-state index contributed by atoms with van der Waals surface area (Å²) in [6, 6.07) is 19.2. The molecule has 0 aliphatic rings. The lowest BCUT2D eigenvalue weighted by Gasteiger charge is -2.18. The molecule has 178 valence electrons. The van der Waals surface area contributed by atoms with Crippen LogP contribution >= 0.6 is 0 Å². The average molecular weight is 465 g/mol. The van der Waals surface area contributed by atoms with Crippen LogP contribution in [0.15, 0.2) is 66.7 Å². The van der Waals surface area contributed by atoms with Gasteiger partial charge in [0.25, 0.3) is 0 Å². The van der Waals surface area contributed by atoms with Crippen LogP contribution in [0.2, 0.25) is 0 Å². The monoisotopic (exact) mass is 464 g/mol. The van der Waals surface area contributed by atoms with Crippen molar-refractivity contribution in [3.8, 4) is 11.5 Å². The molecule has 3 rings (SSSR count). The van der Waals surface area contributed by atoms with E-state index in [1.54, 1.807) is 24.3 Å². The predicted molar refractivity (Wildman–Crippen MR) is 128 cm³/mol. The highest BCUT2D eigenvalue weighted by atomic mass is 19.1. The van der Waals surface area contributed by atoms with Crippen molar-refractivity contribution in [2.45, 2.75) is 45.6 Å². The van der Waals surface area contributed by atoms with Crippen LogP contribution in [0.5, 0.6) is 11.5 Å². The van der Waals surface area contributed by atoms with Gasteiger partial charge in [0, 0.05) is 24.5 Å². The highest BCUT2D eigenvalue weighted by Crippen LogP contribution is 2.26. The first kappa shape index (κ1) is 25.0. The fraction of sp³-hybridized carbons (Fsp3) is 0.286. The van der Waals surface area contributed by atoms with E-state index in [0.717, 1.165) is 12.0 Å². The number of ether oxygens (including phenoxy) is 2. The number of carbonyl (C=O) groups excluding carboxylic acids is 1. The number of benzene rings is 3. The van der Waals surface area contributed by atoms with E-state index in [-0.39, 0.29) is 24.7 Å². The number of ketones is 1. The molecule has 6 heteroatoms. The van der Waals surface area contributed by atoms with E-state index in [0.29, 0.717) is 41.2 Å². The van der Waals surface area contributed by atoms with Crippen LogP contribution in [0.25, 0.3) is 0 Å². The first-order chi connectivity index (χ1) is 16.4. The van der Waals surface area contributed by atoms with Crippen LogP contribution in [-0.2, 0) is 17.6 Å². The molecular weight excluding hydrogens is 435 g/mol. The Kier molecular flexibility index (Phi) is 8.79. The van der Waals surface area contributed by atoms with Gasteiger partial charge in [0.15, 0.2) is 5.78 Å². The summed E-state index contributed by atoms with van der Waals surface area (Å²) in [5.41, 5.74) is 2.52. The number of hydrogen-bond acceptors (Lipinski definition) is 4. The van der Waals surface area contributed by atoms with Gasteiger partial charge in [0.2, 0.25) is 0 Å². The van der Waals surface area contributed by atoms with Gasteiger partial charge >= 0.3 is 5.97 Å². The SMILES string of the molecule is CCc1ccc(OC(C)CCOc2ccc(CCC(=O)O)c(F)c2)c(C(=O)c2ccccc2)c1. The molecule has 0 fully saturated rings. The summed E-state index contributed by atoms with van der Waals surface area (Å²) >= 11 is 0. The Hall–Kier alpha value is -3.67. The molecule has 3 aromatic rings. The van der Waals surface area contributed by atoms with Crippen molar-refractivity contribution in [1.82, 2.24) is 0 Å². The first-order valence-corrected chi connectivity index (χ1v) is 11.4. The van der Waals surface area contributed by atoms with E-state index in [2.05, 4.69) is 0 Å². The number of aryl methyl sites for hydroxylation is 2. The van der Waals surface area contributed by atoms with Crippen LogP contribution in [0.4, 0.5) is 4.39 Å². The molecule has 0 amide bonds. The summed E-state index contributed by atoms with van der Waals surface area (Å²) in [4.78, 5) is 23.8. The molecule has 0 aliphatic heterocycles. The van der Waals surface area contributed by atoms with Gasteiger partial charge in [-0.05, 0) is 49.1 Å². The van der Waals surface area contributed by atoms with Crippen LogP contribution in [0.1, 0.15) is 53.7 Å². The van der Waals surface area contributed by atoms with E-state index in [4.69, 9.17) is 14.6 Å². The lowest BCUT2D eigenvalue weighted by Crippen LogP contribution is -2.18. The average Bonchev–Trinajstić information content (AvgIpc) is 2.83. The quantitative estimate of drug-likeness (QED) is 0.339. The number of carboxylic acids is 1. The third-order valence-corrected chi connectivity index (χ3v) is 5.49. The molecule has 0 radical (unpaired) electrons. The van der Waals surface area contributed by atoms with Crippen molar-refractivity contribution in [3.05, 3.63) is 94.8 Å². The Labute approximate surface area is 199 Å². The van der Waals surface area contributed by atoms with Gasteiger partial charge in [-0.2, -0.15) is 0 Å². The van der Waals surface area contributed by atoms with Crippen LogP contribution in [0.3, 0.4) is 0 Å². The molecule has 0 heterocycles. The van der Waals surface area contributed by atoms with Crippen molar-refractivity contribution >= 4 is 11.8 Å². The van der Waals surface area contributed by atoms with Gasteiger partial charge in [0.05, 0.1) is 18.3 Å². The summed E-state index contributed by atoms with van der Waals surface area (Å²) in [6.07, 6.45) is 1.10. The number of carbonyl (C=O) groups is 2. The highest BCUT2D eigenvalue weighted by molar-refractivity contribution is 6.10. The van der Waals surface area contributed by atoms with E-state index >= 15 is 0 Å². The van der Waals surface area contributed by atoms with Gasteiger partial charge in [-0.25, -0.2) is 4.39 Å². The lowest BCUT2D eigenvalue weighted by atomic mass is 9.99. The molecule has 1 N–H and O–H groups in total. The van der Waals surface area contributed by atoms with Crippen LogP contribution in [-0.4, -0.2) is 29.6 Å². The standard InChI is InChI=1S/C28H29FO5/c1-3-20-9-13-26(24(17-20)28(32)22-7-5-4-6-8-22)34-19(2)15-16-33-23-12-10-21(25(29)18-23)11-14-27(30)31/h4-10,12-13,17-19H,3,11,14-16H2,1-2H3,(H,30,31). The van der Waals surface area contributed by atoms with Gasteiger partial charge < -0.3 is 14.6 Å². The number of rotatable bonds is 12. The second kappa shape index (κ2) is 12.0. The number of aliphatic carboxylic acids is 1. The molecule has 0 aromatic heterocycles. The van der Waals surface area contributed by atoms with Crippen molar-refractivity contribution in [2.24, 2.45) is 0 Å². The van der Waals surface area contributed by atoms with Crippen molar-refractivity contribution in [2.75, 3.05) is 6.61 Å². The third kappa shape index (κ3) is 6.91. The Morgan fingerprint density at radius 1 is 1.03 bits per heavy atom. The molecule has 0 spiro atoms. The molecule has 0 aliphatic carbocycles. The fourth-order valence-corrected chi connectivity index (χ4v) is 3.50. The molecule has 1 unspecified atom stereocenters. The van der Waals surface area contributed by atoms with Crippen LogP contribution in [0, 0.1) is 5.82 Å². The minimum absolute atomic E-state index is 0.0900. The molecular formula is C28H29FO5. The third-order valence-electron chi connectivity index (χ3n) is 5.49. The first-order valence-electron chi connectivity index (χ1n) is 11.4. The molecule has 1 atom stereocenters. The largest absolute Gasteiger partial charge is 0.493 e. The molecule has 0 bridgehead atoms. The molecule has 3 aromatic carbocycles. The summed E-state index contributed by atoms with van der Waals surface area (Å²) in [6.45, 7) is 4.22. The van der Waals surface area contributed by atoms with Gasteiger partial charge in [-0.1, -0.05) is 49.4 Å². The maximum atomic E-state index is 14.2. The van der Waals surface area contributed by atoms with E-state index in [9.17, 15) is 14.0 Å². The predicted octanol–water partition coefficient (Wildman–Crippen LogP) is 5.87. The number of halogens is 1. The molecule has 0 saturated carbocycles. The second-order valence-corrected chi connectivity index (χ2v) is 8.09. The number of carboxylic acid groups (broad SMARTS) is 1. The van der Waals surface area contributed by atoms with Crippen molar-refractivity contribution < 1.29 is 28.6 Å². The van der Waals surface area contributed by atoms with Crippen molar-refractivity contribution in [3.63, 3.8) is 0 Å². The second-order valence-electron chi connectivity index (χ2n) is 8.09. The zero-order chi connectivity index (χ0) is 24.5. The number of hydrogen-bond donors (Lipinski definition) is 1. The summed E-state index contributed by atoms with van der Waals surface area (Å²) in [7, 11) is 0. The zero-order valence-corrected chi connectivity index (χ0v) is 19.4. The van der Waals surface area contributed by atoms with E-state index in [1.807, 2.05) is 50.2 Å². The summed E-state index contributed by atoms with van der Waals surface area (Å²) in [5.74, 6) is -0.647. The fourth-order valence-electron chi connectivity index (χ4n) is 3.50. The Morgan fingerprint density at radius 3 is 2.47 bits per heavy atom. The van der Waals surface area contributed by atoms with E-state index < -0.39 is 11.8 Å². The summed E-state index contributed by atoms with van der Waals surface area (Å²) < 4.78 is 25.9. The zero-order valence-electron chi connectivity index (χ0n) is 19.4. The maximum Gasteiger partial charge on any atom is 0.303 e. The Balaban J connectivity index is 1.61. The Morgan fingerprint density at radius 2 is 1.79 bits per heavy atom. The Bertz CT molecular complexity index is 1130. The van der Waals surface area contributed by atoms with Crippen LogP contribution < -0.4 is 9.47 Å². The minimum Gasteiger partial charge on any atom is -0.493 e.